The lowest BCUT2D eigenvalue weighted by Gasteiger charge is -2.12. The second kappa shape index (κ2) is 5.74. The number of thioether (sulfide) groups is 1. The average molecular weight is 246 g/mol. The van der Waals surface area contributed by atoms with Gasteiger partial charge in [-0.2, -0.15) is 11.8 Å². The van der Waals surface area contributed by atoms with Crippen molar-refractivity contribution in [3.8, 4) is 0 Å². The van der Waals surface area contributed by atoms with E-state index in [1.807, 2.05) is 0 Å². The third kappa shape index (κ3) is 3.41. The summed E-state index contributed by atoms with van der Waals surface area (Å²) in [7, 11) is 0. The molecule has 1 aliphatic heterocycles. The molecule has 0 aromatic heterocycles. The van der Waals surface area contributed by atoms with Crippen LogP contribution in [0.15, 0.2) is 0 Å². The minimum Gasteiger partial charge on any atom is -0.481 e. The molecule has 2 N–H and O–H groups in total. The van der Waals surface area contributed by atoms with E-state index in [1.54, 1.807) is 6.92 Å². The summed E-state index contributed by atoms with van der Waals surface area (Å²) in [5, 5.41) is 11.1. The molecule has 0 radical (unpaired) electrons. The highest BCUT2D eigenvalue weighted by molar-refractivity contribution is 7.99. The summed E-state index contributed by atoms with van der Waals surface area (Å²) in [6.45, 7) is 2.03. The Morgan fingerprint density at radius 3 is 2.81 bits per heavy atom. The van der Waals surface area contributed by atoms with Gasteiger partial charge in [0.1, 0.15) is 0 Å². The van der Waals surface area contributed by atoms with Crippen LogP contribution in [0.5, 0.6) is 0 Å². The van der Waals surface area contributed by atoms with Gasteiger partial charge in [-0.1, -0.05) is 6.92 Å². The van der Waals surface area contributed by atoms with Crippen LogP contribution in [0, 0.1) is 5.92 Å². The average Bonchev–Trinajstić information content (AvgIpc) is 2.54. The first-order valence-electron chi connectivity index (χ1n) is 4.91. The van der Waals surface area contributed by atoms with E-state index < -0.39 is 11.9 Å². The molecule has 1 rings (SSSR count). The first-order chi connectivity index (χ1) is 7.52. The van der Waals surface area contributed by atoms with Crippen LogP contribution in [0.3, 0.4) is 0 Å². The molecule has 1 saturated heterocycles. The summed E-state index contributed by atoms with van der Waals surface area (Å²) >= 11 is 1.43. The topological polar surface area (TPSA) is 86.7 Å². The quantitative estimate of drug-likeness (QED) is 0.508. The number of carbonyl (C=O) groups excluding carboxylic acids is 2. The Hall–Kier alpha value is -1.24. The zero-order valence-electron chi connectivity index (χ0n) is 8.93. The van der Waals surface area contributed by atoms with Gasteiger partial charge in [0.2, 0.25) is 5.91 Å². The molecule has 1 heterocycles. The minimum absolute atomic E-state index is 0.0645. The van der Waals surface area contributed by atoms with E-state index in [-0.39, 0.29) is 18.5 Å². The second-order valence-electron chi connectivity index (χ2n) is 3.52. The molecule has 90 valence electrons. The predicted molar refractivity (Wildman–Crippen MR) is 59.2 cm³/mol. The first-order valence-corrected chi connectivity index (χ1v) is 6.06. The van der Waals surface area contributed by atoms with Crippen LogP contribution >= 0.6 is 11.8 Å². The van der Waals surface area contributed by atoms with Gasteiger partial charge in [0.05, 0.1) is 12.5 Å². The molecule has 1 aliphatic rings. The number of nitrogens with zero attached hydrogens (tertiary/aromatic N) is 1. The van der Waals surface area contributed by atoms with Crippen LogP contribution in [0.25, 0.3) is 0 Å². The highest BCUT2D eigenvalue weighted by atomic mass is 32.2. The number of carbonyl (C=O) groups is 3. The Morgan fingerprint density at radius 1 is 1.62 bits per heavy atom. The standard InChI is InChI=1S/C9H14N2O4S/c1-6(8(13)14)5-16-3-2-11-7(12)4-10-9(11)15/h6H,2-5H2,1H3,(H,10,15)(H,13,14). The molecule has 3 amide bonds. The van der Waals surface area contributed by atoms with E-state index in [1.165, 1.54) is 11.8 Å². The van der Waals surface area contributed by atoms with Crippen molar-refractivity contribution < 1.29 is 19.5 Å². The molecule has 1 fully saturated rings. The van der Waals surface area contributed by atoms with Crippen LogP contribution in [0.4, 0.5) is 4.79 Å². The fraction of sp³-hybridized carbons (Fsp3) is 0.667. The first kappa shape index (κ1) is 12.8. The largest absolute Gasteiger partial charge is 0.481 e. The van der Waals surface area contributed by atoms with Gasteiger partial charge in [-0.05, 0) is 0 Å². The Bertz CT molecular complexity index is 292. The van der Waals surface area contributed by atoms with Crippen LogP contribution in [0.1, 0.15) is 6.92 Å². The number of amides is 3. The highest BCUT2D eigenvalue weighted by Gasteiger charge is 2.27. The molecule has 0 saturated carbocycles. The van der Waals surface area contributed by atoms with Crippen molar-refractivity contribution in [1.82, 2.24) is 10.2 Å². The number of rotatable bonds is 6. The van der Waals surface area contributed by atoms with Crippen molar-refractivity contribution in [3.63, 3.8) is 0 Å². The number of hydrogen-bond donors (Lipinski definition) is 2. The van der Waals surface area contributed by atoms with Gasteiger partial charge in [-0.15, -0.1) is 0 Å². The molecule has 7 heteroatoms. The molecular weight excluding hydrogens is 232 g/mol. The van der Waals surface area contributed by atoms with Crippen molar-refractivity contribution >= 4 is 29.7 Å². The third-order valence-electron chi connectivity index (χ3n) is 2.19. The lowest BCUT2D eigenvalue weighted by atomic mass is 10.2. The molecule has 0 aromatic carbocycles. The number of hydrogen-bond acceptors (Lipinski definition) is 4. The van der Waals surface area contributed by atoms with Gasteiger partial charge in [-0.25, -0.2) is 4.79 Å². The fourth-order valence-corrected chi connectivity index (χ4v) is 2.14. The van der Waals surface area contributed by atoms with E-state index in [2.05, 4.69) is 5.32 Å². The maximum Gasteiger partial charge on any atom is 0.324 e. The summed E-state index contributed by atoms with van der Waals surface area (Å²) in [6.07, 6.45) is 0. The summed E-state index contributed by atoms with van der Waals surface area (Å²) < 4.78 is 0. The van der Waals surface area contributed by atoms with E-state index >= 15 is 0 Å². The highest BCUT2D eigenvalue weighted by Crippen LogP contribution is 2.09. The van der Waals surface area contributed by atoms with Crippen LogP contribution in [-0.4, -0.2) is 52.5 Å². The maximum absolute atomic E-state index is 11.2. The van der Waals surface area contributed by atoms with Crippen molar-refractivity contribution in [1.29, 1.82) is 0 Å². The van der Waals surface area contributed by atoms with Gasteiger partial charge < -0.3 is 10.4 Å². The molecule has 0 bridgehead atoms. The second-order valence-corrected chi connectivity index (χ2v) is 4.67. The van der Waals surface area contributed by atoms with Crippen molar-refractivity contribution in [2.45, 2.75) is 6.92 Å². The minimum atomic E-state index is -0.831. The molecule has 0 aromatic rings. The van der Waals surface area contributed by atoms with Gasteiger partial charge in [0.15, 0.2) is 0 Å². The van der Waals surface area contributed by atoms with E-state index in [0.29, 0.717) is 18.1 Å². The van der Waals surface area contributed by atoms with Gasteiger partial charge in [0.25, 0.3) is 0 Å². The van der Waals surface area contributed by atoms with Crippen molar-refractivity contribution in [2.24, 2.45) is 5.92 Å². The normalized spacial score (nSPS) is 17.4. The van der Waals surface area contributed by atoms with Crippen LogP contribution in [0.2, 0.25) is 0 Å². The molecule has 0 aliphatic carbocycles. The SMILES string of the molecule is CC(CSCCN1C(=O)CNC1=O)C(=O)O. The summed E-state index contributed by atoms with van der Waals surface area (Å²) in [5.74, 6) is -0.414. The molecule has 6 nitrogen and oxygen atoms in total. The van der Waals surface area contributed by atoms with E-state index in [0.717, 1.165) is 4.90 Å². The number of urea groups is 1. The Balaban J connectivity index is 2.18. The fourth-order valence-electron chi connectivity index (χ4n) is 1.17. The Kier molecular flexibility index (Phi) is 4.60. The molecule has 1 atom stereocenters. The molecular formula is C9H14N2O4S. The lowest BCUT2D eigenvalue weighted by molar-refractivity contribution is -0.140. The zero-order chi connectivity index (χ0) is 12.1. The van der Waals surface area contributed by atoms with Gasteiger partial charge in [-0.3, -0.25) is 14.5 Å². The number of nitrogens with one attached hydrogen (secondary N) is 1. The van der Waals surface area contributed by atoms with Gasteiger partial charge >= 0.3 is 12.0 Å². The number of imide groups is 1. The van der Waals surface area contributed by atoms with Crippen molar-refractivity contribution in [3.05, 3.63) is 0 Å². The summed E-state index contributed by atoms with van der Waals surface area (Å²) in [6, 6.07) is -0.364. The molecule has 0 spiro atoms. The Labute approximate surface area is 97.4 Å². The third-order valence-corrected chi connectivity index (χ3v) is 3.39. The lowest BCUT2D eigenvalue weighted by Crippen LogP contribution is -2.33. The summed E-state index contributed by atoms with van der Waals surface area (Å²) in [5.41, 5.74) is 0. The summed E-state index contributed by atoms with van der Waals surface area (Å²) in [4.78, 5) is 33.9. The van der Waals surface area contributed by atoms with Crippen molar-refractivity contribution in [2.75, 3.05) is 24.6 Å². The number of carboxylic acids is 1. The van der Waals surface area contributed by atoms with E-state index in [4.69, 9.17) is 5.11 Å². The number of carboxylic acid groups (broad SMARTS) is 1. The van der Waals surface area contributed by atoms with Crippen LogP contribution < -0.4 is 5.32 Å². The van der Waals surface area contributed by atoms with Crippen LogP contribution in [-0.2, 0) is 9.59 Å². The number of aliphatic carboxylic acids is 1. The van der Waals surface area contributed by atoms with E-state index in [9.17, 15) is 14.4 Å². The smallest absolute Gasteiger partial charge is 0.324 e. The Morgan fingerprint density at radius 2 is 2.31 bits per heavy atom. The maximum atomic E-state index is 11.2. The molecule has 1 unspecified atom stereocenters. The molecule has 16 heavy (non-hydrogen) atoms. The predicted octanol–water partition coefficient (Wildman–Crippen LogP) is -0.00790. The zero-order valence-corrected chi connectivity index (χ0v) is 9.75. The van der Waals surface area contributed by atoms with Gasteiger partial charge in [0, 0.05) is 18.1 Å². The monoisotopic (exact) mass is 246 g/mol.